The zero-order chi connectivity index (χ0) is 10.4. The molecule has 4 heteroatoms. The van der Waals surface area contributed by atoms with E-state index in [2.05, 4.69) is 0 Å². The van der Waals surface area contributed by atoms with E-state index in [0.29, 0.717) is 29.7 Å². The molecule has 0 aromatic heterocycles. The highest BCUT2D eigenvalue weighted by Gasteiger charge is 2.03. The molecule has 14 heavy (non-hydrogen) atoms. The number of hydrogen-bond donors (Lipinski definition) is 1. The van der Waals surface area contributed by atoms with Gasteiger partial charge in [0.15, 0.2) is 11.5 Å². The molecule has 0 aliphatic carbocycles. The van der Waals surface area contributed by atoms with Crippen LogP contribution in [0.3, 0.4) is 0 Å². The minimum absolute atomic E-state index is 0.587. The lowest BCUT2D eigenvalue weighted by molar-refractivity contribution is 0.295. The molecule has 0 atom stereocenters. The average molecular weight is 216 g/mol. The molecule has 1 aromatic rings. The van der Waals surface area contributed by atoms with Gasteiger partial charge < -0.3 is 15.2 Å². The summed E-state index contributed by atoms with van der Waals surface area (Å²) in [6.45, 7) is 0.587. The maximum atomic E-state index is 5.60. The van der Waals surface area contributed by atoms with E-state index in [-0.39, 0.29) is 0 Å². The van der Waals surface area contributed by atoms with E-state index < -0.39 is 0 Å². The zero-order valence-electron chi connectivity index (χ0n) is 8.13. The maximum absolute atomic E-state index is 5.60. The molecular formula is C10H14ClNO2. The van der Waals surface area contributed by atoms with Crippen LogP contribution in [0.1, 0.15) is 6.42 Å². The highest BCUT2D eigenvalue weighted by Crippen LogP contribution is 2.28. The second-order valence-corrected chi connectivity index (χ2v) is 3.18. The third kappa shape index (κ3) is 3.00. The van der Waals surface area contributed by atoms with Crippen molar-refractivity contribution in [1.29, 1.82) is 0 Å². The molecule has 78 valence electrons. The normalized spacial score (nSPS) is 9.86. The fourth-order valence-electron chi connectivity index (χ4n) is 1.04. The third-order valence-electron chi connectivity index (χ3n) is 1.72. The van der Waals surface area contributed by atoms with Crippen LogP contribution in [0.15, 0.2) is 18.2 Å². The van der Waals surface area contributed by atoms with Crippen molar-refractivity contribution >= 4 is 17.3 Å². The van der Waals surface area contributed by atoms with Gasteiger partial charge in [0.1, 0.15) is 0 Å². The van der Waals surface area contributed by atoms with Crippen LogP contribution >= 0.6 is 11.6 Å². The number of alkyl halides is 1. The van der Waals surface area contributed by atoms with Crippen LogP contribution in [0.2, 0.25) is 0 Å². The van der Waals surface area contributed by atoms with Crippen molar-refractivity contribution in [3.8, 4) is 11.5 Å². The number of anilines is 1. The number of nitrogens with two attached hydrogens (primary N) is 1. The molecular weight excluding hydrogens is 202 g/mol. The van der Waals surface area contributed by atoms with Crippen LogP contribution in [0.5, 0.6) is 11.5 Å². The van der Waals surface area contributed by atoms with E-state index in [9.17, 15) is 0 Å². The lowest BCUT2D eigenvalue weighted by Crippen LogP contribution is -2.00. The van der Waals surface area contributed by atoms with Crippen molar-refractivity contribution in [2.45, 2.75) is 6.42 Å². The van der Waals surface area contributed by atoms with Gasteiger partial charge in [-0.3, -0.25) is 0 Å². The monoisotopic (exact) mass is 215 g/mol. The Morgan fingerprint density at radius 1 is 1.36 bits per heavy atom. The quantitative estimate of drug-likeness (QED) is 0.466. The summed E-state index contributed by atoms with van der Waals surface area (Å²) >= 11 is 5.54. The van der Waals surface area contributed by atoms with Crippen LogP contribution < -0.4 is 15.2 Å². The summed E-state index contributed by atoms with van der Waals surface area (Å²) in [5.41, 5.74) is 6.26. The Kier molecular flexibility index (Phi) is 4.40. The topological polar surface area (TPSA) is 44.5 Å². The van der Waals surface area contributed by atoms with Crippen molar-refractivity contribution in [2.75, 3.05) is 25.3 Å². The smallest absolute Gasteiger partial charge is 0.162 e. The molecule has 2 N–H and O–H groups in total. The Bertz CT molecular complexity index is 291. The molecule has 0 unspecified atom stereocenters. The van der Waals surface area contributed by atoms with Gasteiger partial charge in [-0.05, 0) is 18.6 Å². The van der Waals surface area contributed by atoms with Gasteiger partial charge in [-0.2, -0.15) is 0 Å². The SMILES string of the molecule is COc1cc(N)ccc1OCCCCl. The number of methoxy groups -OCH3 is 1. The summed E-state index contributed by atoms with van der Waals surface area (Å²) in [6, 6.07) is 5.30. The van der Waals surface area contributed by atoms with Gasteiger partial charge in [0.2, 0.25) is 0 Å². The van der Waals surface area contributed by atoms with Crippen LogP contribution in [0.4, 0.5) is 5.69 Å². The molecule has 1 rings (SSSR count). The Hall–Kier alpha value is -1.09. The van der Waals surface area contributed by atoms with E-state index in [1.807, 2.05) is 0 Å². The summed E-state index contributed by atoms with van der Waals surface area (Å²) in [5.74, 6) is 1.95. The Morgan fingerprint density at radius 2 is 2.14 bits per heavy atom. The highest BCUT2D eigenvalue weighted by molar-refractivity contribution is 6.17. The highest BCUT2D eigenvalue weighted by atomic mass is 35.5. The molecule has 0 aliphatic heterocycles. The lowest BCUT2D eigenvalue weighted by Gasteiger charge is -2.10. The molecule has 0 saturated heterocycles. The molecule has 0 fully saturated rings. The molecule has 1 aromatic carbocycles. The first-order valence-corrected chi connectivity index (χ1v) is 4.93. The molecule has 0 amide bonds. The molecule has 3 nitrogen and oxygen atoms in total. The summed E-state index contributed by atoms with van der Waals surface area (Å²) < 4.78 is 10.6. The standard InChI is InChI=1S/C10H14ClNO2/c1-13-10-7-8(12)3-4-9(10)14-6-2-5-11/h3-4,7H,2,5-6,12H2,1H3. The number of ether oxygens (including phenoxy) is 2. The minimum atomic E-state index is 0.587. The fourth-order valence-corrected chi connectivity index (χ4v) is 1.15. The Balaban J connectivity index is 2.65. The Morgan fingerprint density at radius 3 is 2.79 bits per heavy atom. The van der Waals surface area contributed by atoms with Gasteiger partial charge in [0.05, 0.1) is 13.7 Å². The second kappa shape index (κ2) is 5.60. The molecule has 0 heterocycles. The van der Waals surface area contributed by atoms with Crippen LogP contribution in [-0.2, 0) is 0 Å². The van der Waals surface area contributed by atoms with Gasteiger partial charge in [-0.25, -0.2) is 0 Å². The van der Waals surface area contributed by atoms with E-state index >= 15 is 0 Å². The maximum Gasteiger partial charge on any atom is 0.162 e. The number of halogens is 1. The summed E-state index contributed by atoms with van der Waals surface area (Å²) in [7, 11) is 1.59. The first kappa shape index (κ1) is 11.0. The Labute approximate surface area is 88.8 Å². The van der Waals surface area contributed by atoms with Crippen molar-refractivity contribution in [2.24, 2.45) is 0 Å². The predicted octanol–water partition coefficient (Wildman–Crippen LogP) is 2.29. The van der Waals surface area contributed by atoms with Crippen LogP contribution in [0, 0.1) is 0 Å². The number of hydrogen-bond acceptors (Lipinski definition) is 3. The predicted molar refractivity (Wildman–Crippen MR) is 58.2 cm³/mol. The van der Waals surface area contributed by atoms with E-state index in [0.717, 1.165) is 6.42 Å². The van der Waals surface area contributed by atoms with E-state index in [1.165, 1.54) is 0 Å². The number of benzene rings is 1. The number of rotatable bonds is 5. The molecule has 0 radical (unpaired) electrons. The summed E-state index contributed by atoms with van der Waals surface area (Å²) in [4.78, 5) is 0. The second-order valence-electron chi connectivity index (χ2n) is 2.80. The van der Waals surface area contributed by atoms with E-state index in [1.54, 1.807) is 25.3 Å². The summed E-state index contributed by atoms with van der Waals surface area (Å²) in [5, 5.41) is 0. The molecule has 0 saturated carbocycles. The van der Waals surface area contributed by atoms with Gasteiger partial charge >= 0.3 is 0 Å². The van der Waals surface area contributed by atoms with Crippen molar-refractivity contribution in [3.05, 3.63) is 18.2 Å². The van der Waals surface area contributed by atoms with Crippen LogP contribution in [-0.4, -0.2) is 19.6 Å². The van der Waals surface area contributed by atoms with Gasteiger partial charge in [-0.15, -0.1) is 11.6 Å². The van der Waals surface area contributed by atoms with Crippen molar-refractivity contribution in [3.63, 3.8) is 0 Å². The van der Waals surface area contributed by atoms with E-state index in [4.69, 9.17) is 26.8 Å². The zero-order valence-corrected chi connectivity index (χ0v) is 8.88. The summed E-state index contributed by atoms with van der Waals surface area (Å²) in [6.07, 6.45) is 0.815. The van der Waals surface area contributed by atoms with Crippen molar-refractivity contribution in [1.82, 2.24) is 0 Å². The lowest BCUT2D eigenvalue weighted by atomic mass is 10.3. The molecule has 0 aliphatic rings. The first-order chi connectivity index (χ1) is 6.77. The van der Waals surface area contributed by atoms with Crippen LogP contribution in [0.25, 0.3) is 0 Å². The molecule has 0 bridgehead atoms. The van der Waals surface area contributed by atoms with Crippen molar-refractivity contribution < 1.29 is 9.47 Å². The average Bonchev–Trinajstić information content (AvgIpc) is 2.20. The number of nitrogen functional groups attached to an aromatic ring is 1. The van der Waals surface area contributed by atoms with Gasteiger partial charge in [-0.1, -0.05) is 0 Å². The third-order valence-corrected chi connectivity index (χ3v) is 1.99. The molecule has 0 spiro atoms. The van der Waals surface area contributed by atoms with Gasteiger partial charge in [0.25, 0.3) is 0 Å². The fraction of sp³-hybridized carbons (Fsp3) is 0.400. The largest absolute Gasteiger partial charge is 0.493 e. The first-order valence-electron chi connectivity index (χ1n) is 4.40. The minimum Gasteiger partial charge on any atom is -0.493 e. The van der Waals surface area contributed by atoms with Gasteiger partial charge in [0, 0.05) is 17.6 Å².